The summed E-state index contributed by atoms with van der Waals surface area (Å²) in [6.45, 7) is 2.36. The summed E-state index contributed by atoms with van der Waals surface area (Å²) in [7, 11) is 3.30. The molecule has 26 heavy (non-hydrogen) atoms. The number of carbonyl (C=O) groups excluding carboxylic acids is 2. The molecule has 1 aromatic rings. The number of hydrogen-bond donors (Lipinski definition) is 0. The largest absolute Gasteiger partial charge is 0.496 e. The van der Waals surface area contributed by atoms with Crippen molar-refractivity contribution in [3.63, 3.8) is 0 Å². The topological polar surface area (TPSA) is 59.1 Å². The first-order chi connectivity index (χ1) is 12.6. The number of amides is 2. The van der Waals surface area contributed by atoms with E-state index >= 15 is 0 Å². The minimum atomic E-state index is -0.224. The predicted molar refractivity (Wildman–Crippen MR) is 98.0 cm³/mol. The van der Waals surface area contributed by atoms with Crippen molar-refractivity contribution in [2.45, 2.75) is 31.7 Å². The number of hydrogen-bond acceptors (Lipinski definition) is 4. The Labute approximate surface area is 155 Å². The molecule has 142 valence electrons. The Morgan fingerprint density at radius 2 is 2.08 bits per heavy atom. The lowest BCUT2D eigenvalue weighted by molar-refractivity contribution is -0.136. The molecule has 0 radical (unpaired) electrons. The van der Waals surface area contributed by atoms with E-state index in [2.05, 4.69) is 6.07 Å². The van der Waals surface area contributed by atoms with Crippen LogP contribution in [0.2, 0.25) is 0 Å². The molecule has 0 saturated carbocycles. The van der Waals surface area contributed by atoms with E-state index in [0.29, 0.717) is 26.1 Å². The molecule has 2 amide bonds. The molecular weight excluding hydrogens is 332 g/mol. The summed E-state index contributed by atoms with van der Waals surface area (Å²) in [5.74, 6) is 0.822. The first-order valence-corrected chi connectivity index (χ1v) is 9.33. The lowest BCUT2D eigenvalue weighted by Crippen LogP contribution is -2.41. The van der Waals surface area contributed by atoms with Crippen molar-refractivity contribution in [1.29, 1.82) is 0 Å². The van der Waals surface area contributed by atoms with Crippen molar-refractivity contribution in [3.05, 3.63) is 29.8 Å². The Morgan fingerprint density at radius 3 is 2.85 bits per heavy atom. The molecule has 0 spiro atoms. The standard InChI is InChI=1S/C20H28N2O4/c1-25-11-10-21-14-16(13-19(21)23)20(24)22-9-5-7-17(22)12-15-6-3-4-8-18(15)26-2/h3-4,6,8,16-17H,5,7,9-14H2,1-2H3. The minimum absolute atomic E-state index is 0.0564. The van der Waals surface area contributed by atoms with E-state index < -0.39 is 0 Å². The van der Waals surface area contributed by atoms with Gasteiger partial charge in [0.15, 0.2) is 0 Å². The highest BCUT2D eigenvalue weighted by molar-refractivity contribution is 5.89. The van der Waals surface area contributed by atoms with Crippen LogP contribution >= 0.6 is 0 Å². The highest BCUT2D eigenvalue weighted by atomic mass is 16.5. The number of para-hydroxylation sites is 1. The van der Waals surface area contributed by atoms with Gasteiger partial charge in [0.1, 0.15) is 5.75 Å². The summed E-state index contributed by atoms with van der Waals surface area (Å²) in [6.07, 6.45) is 3.13. The van der Waals surface area contributed by atoms with Gasteiger partial charge >= 0.3 is 0 Å². The molecule has 2 unspecified atom stereocenters. The summed E-state index contributed by atoms with van der Waals surface area (Å²) < 4.78 is 10.5. The number of carbonyl (C=O) groups is 2. The molecule has 6 nitrogen and oxygen atoms in total. The maximum absolute atomic E-state index is 13.1. The third-order valence-electron chi connectivity index (χ3n) is 5.44. The number of nitrogens with zero attached hydrogens (tertiary/aromatic N) is 2. The van der Waals surface area contributed by atoms with Crippen molar-refractivity contribution in [1.82, 2.24) is 9.80 Å². The SMILES string of the molecule is COCCN1CC(C(=O)N2CCCC2Cc2ccccc2OC)CC1=O. The molecule has 2 saturated heterocycles. The van der Waals surface area contributed by atoms with Gasteiger partial charge in [-0.3, -0.25) is 9.59 Å². The number of benzene rings is 1. The maximum atomic E-state index is 13.1. The molecule has 2 aliphatic rings. The van der Waals surface area contributed by atoms with Gasteiger partial charge in [0.25, 0.3) is 0 Å². The fourth-order valence-electron chi connectivity index (χ4n) is 4.05. The fourth-order valence-corrected chi connectivity index (χ4v) is 4.05. The fraction of sp³-hybridized carbons (Fsp3) is 0.600. The van der Waals surface area contributed by atoms with Crippen LogP contribution in [0.1, 0.15) is 24.8 Å². The number of ether oxygens (including phenoxy) is 2. The maximum Gasteiger partial charge on any atom is 0.228 e. The average molecular weight is 360 g/mol. The molecule has 0 N–H and O–H groups in total. The van der Waals surface area contributed by atoms with Gasteiger partial charge < -0.3 is 19.3 Å². The van der Waals surface area contributed by atoms with Crippen LogP contribution in [0.5, 0.6) is 5.75 Å². The Balaban J connectivity index is 1.64. The van der Waals surface area contributed by atoms with Crippen LogP contribution in [0.3, 0.4) is 0 Å². The van der Waals surface area contributed by atoms with Gasteiger partial charge in [-0.25, -0.2) is 0 Å². The molecule has 2 heterocycles. The molecule has 3 rings (SSSR count). The highest BCUT2D eigenvalue weighted by Crippen LogP contribution is 2.29. The van der Waals surface area contributed by atoms with E-state index in [4.69, 9.17) is 9.47 Å². The van der Waals surface area contributed by atoms with Crippen LogP contribution in [0.15, 0.2) is 24.3 Å². The number of rotatable bonds is 7. The van der Waals surface area contributed by atoms with Crippen LogP contribution in [0.25, 0.3) is 0 Å². The average Bonchev–Trinajstić information content (AvgIpc) is 3.26. The molecular formula is C20H28N2O4. The minimum Gasteiger partial charge on any atom is -0.496 e. The van der Waals surface area contributed by atoms with E-state index in [-0.39, 0.29) is 23.8 Å². The van der Waals surface area contributed by atoms with Crippen molar-refractivity contribution in [2.75, 3.05) is 40.5 Å². The first kappa shape index (κ1) is 18.7. The Morgan fingerprint density at radius 1 is 1.27 bits per heavy atom. The van der Waals surface area contributed by atoms with Crippen LogP contribution in [-0.2, 0) is 20.7 Å². The Bertz CT molecular complexity index is 648. The zero-order chi connectivity index (χ0) is 18.5. The van der Waals surface area contributed by atoms with Crippen LogP contribution < -0.4 is 4.74 Å². The summed E-state index contributed by atoms with van der Waals surface area (Å²) in [5.41, 5.74) is 1.13. The lowest BCUT2D eigenvalue weighted by atomic mass is 10.0. The molecule has 6 heteroatoms. The summed E-state index contributed by atoms with van der Waals surface area (Å²) in [4.78, 5) is 28.9. The van der Waals surface area contributed by atoms with Crippen molar-refractivity contribution in [2.24, 2.45) is 5.92 Å². The molecule has 0 aromatic heterocycles. The number of methoxy groups -OCH3 is 2. The van der Waals surface area contributed by atoms with E-state index in [1.54, 1.807) is 19.1 Å². The van der Waals surface area contributed by atoms with Gasteiger partial charge in [-0.2, -0.15) is 0 Å². The van der Waals surface area contributed by atoms with Gasteiger partial charge in [0.05, 0.1) is 19.6 Å². The Hall–Kier alpha value is -2.08. The number of likely N-dealkylation sites (tertiary alicyclic amines) is 2. The highest BCUT2D eigenvalue weighted by Gasteiger charge is 2.39. The molecule has 1 aromatic carbocycles. The van der Waals surface area contributed by atoms with E-state index in [9.17, 15) is 9.59 Å². The van der Waals surface area contributed by atoms with Crippen molar-refractivity contribution in [3.8, 4) is 5.75 Å². The van der Waals surface area contributed by atoms with Gasteiger partial charge in [-0.15, -0.1) is 0 Å². The third-order valence-corrected chi connectivity index (χ3v) is 5.44. The van der Waals surface area contributed by atoms with Crippen LogP contribution in [-0.4, -0.2) is 68.1 Å². The van der Waals surface area contributed by atoms with E-state index in [1.807, 2.05) is 23.1 Å². The van der Waals surface area contributed by atoms with Gasteiger partial charge in [-0.05, 0) is 30.9 Å². The first-order valence-electron chi connectivity index (χ1n) is 9.33. The van der Waals surface area contributed by atoms with E-state index in [1.165, 1.54) is 0 Å². The van der Waals surface area contributed by atoms with Gasteiger partial charge in [-0.1, -0.05) is 18.2 Å². The zero-order valence-electron chi connectivity index (χ0n) is 15.6. The molecule has 0 aliphatic carbocycles. The summed E-state index contributed by atoms with van der Waals surface area (Å²) in [6, 6.07) is 8.16. The quantitative estimate of drug-likeness (QED) is 0.743. The lowest BCUT2D eigenvalue weighted by Gasteiger charge is -2.28. The van der Waals surface area contributed by atoms with Crippen molar-refractivity contribution < 1.29 is 19.1 Å². The molecule has 2 atom stereocenters. The Kier molecular flexibility index (Phi) is 6.14. The predicted octanol–water partition coefficient (Wildman–Crippen LogP) is 1.72. The molecule has 0 bridgehead atoms. The van der Waals surface area contributed by atoms with Crippen LogP contribution in [0, 0.1) is 5.92 Å². The normalized spacial score (nSPS) is 22.9. The second-order valence-corrected chi connectivity index (χ2v) is 7.08. The smallest absolute Gasteiger partial charge is 0.228 e. The molecule has 2 aliphatic heterocycles. The monoisotopic (exact) mass is 360 g/mol. The second-order valence-electron chi connectivity index (χ2n) is 7.08. The summed E-state index contributed by atoms with van der Waals surface area (Å²) >= 11 is 0. The van der Waals surface area contributed by atoms with Gasteiger partial charge in [0, 0.05) is 39.2 Å². The third kappa shape index (κ3) is 4.01. The summed E-state index contributed by atoms with van der Waals surface area (Å²) in [5, 5.41) is 0. The molecule has 2 fully saturated rings. The van der Waals surface area contributed by atoms with Crippen molar-refractivity contribution >= 4 is 11.8 Å². The van der Waals surface area contributed by atoms with E-state index in [0.717, 1.165) is 37.1 Å². The second kappa shape index (κ2) is 8.54. The van der Waals surface area contributed by atoms with Crippen LogP contribution in [0.4, 0.5) is 0 Å². The zero-order valence-corrected chi connectivity index (χ0v) is 15.6. The van der Waals surface area contributed by atoms with Gasteiger partial charge in [0.2, 0.25) is 11.8 Å².